The number of alkyl carbamates (subject to hydrolysis) is 1. The molecule has 2 atom stereocenters. The lowest BCUT2D eigenvalue weighted by atomic mass is 10.1. The fourth-order valence-electron chi connectivity index (χ4n) is 2.34. The van der Waals surface area contributed by atoms with Crippen molar-refractivity contribution < 1.29 is 9.53 Å². The van der Waals surface area contributed by atoms with Crippen LogP contribution in [-0.4, -0.2) is 43.3 Å². The molecule has 2 aliphatic rings. The second kappa shape index (κ2) is 3.54. The van der Waals surface area contributed by atoms with E-state index in [1.54, 1.807) is 7.05 Å². The number of hydrogen-bond donors (Lipinski definition) is 1. The molecule has 0 spiro atoms. The Morgan fingerprint density at radius 1 is 1.62 bits per heavy atom. The van der Waals surface area contributed by atoms with Gasteiger partial charge in [0.1, 0.15) is 6.10 Å². The fourth-order valence-corrected chi connectivity index (χ4v) is 2.34. The smallest absolute Gasteiger partial charge is 0.407 e. The van der Waals surface area contributed by atoms with Gasteiger partial charge in [-0.3, -0.25) is 4.90 Å². The topological polar surface area (TPSA) is 41.6 Å². The van der Waals surface area contributed by atoms with Gasteiger partial charge in [-0.1, -0.05) is 0 Å². The highest BCUT2D eigenvalue weighted by Crippen LogP contribution is 2.28. The lowest BCUT2D eigenvalue weighted by Gasteiger charge is -2.13. The summed E-state index contributed by atoms with van der Waals surface area (Å²) in [5.74, 6) is 0. The van der Waals surface area contributed by atoms with Crippen molar-refractivity contribution in [1.82, 2.24) is 10.2 Å². The Kier molecular flexibility index (Phi) is 2.40. The zero-order valence-electron chi connectivity index (χ0n) is 7.95. The Morgan fingerprint density at radius 3 is 3.15 bits per heavy atom. The Labute approximate surface area is 78.2 Å². The van der Waals surface area contributed by atoms with Crippen molar-refractivity contribution in [1.29, 1.82) is 0 Å². The van der Waals surface area contributed by atoms with Crippen LogP contribution in [0.5, 0.6) is 0 Å². The summed E-state index contributed by atoms with van der Waals surface area (Å²) in [4.78, 5) is 13.4. The normalized spacial score (nSPS) is 33.0. The molecule has 0 aromatic heterocycles. The van der Waals surface area contributed by atoms with Gasteiger partial charge in [0.15, 0.2) is 0 Å². The number of amides is 1. The molecule has 0 saturated carbocycles. The summed E-state index contributed by atoms with van der Waals surface area (Å²) in [5, 5.41) is 2.48. The van der Waals surface area contributed by atoms with Crippen molar-refractivity contribution in [2.75, 3.05) is 20.1 Å². The molecule has 1 N–H and O–H groups in total. The van der Waals surface area contributed by atoms with E-state index in [0.29, 0.717) is 6.04 Å². The van der Waals surface area contributed by atoms with Crippen molar-refractivity contribution in [2.45, 2.75) is 31.4 Å². The minimum atomic E-state index is -0.300. The van der Waals surface area contributed by atoms with E-state index in [1.807, 2.05) is 0 Å². The first-order valence-corrected chi connectivity index (χ1v) is 4.92. The van der Waals surface area contributed by atoms with E-state index >= 15 is 0 Å². The third kappa shape index (κ3) is 1.77. The molecular weight excluding hydrogens is 168 g/mol. The molecule has 0 aromatic rings. The second-order valence-corrected chi connectivity index (χ2v) is 3.80. The van der Waals surface area contributed by atoms with Gasteiger partial charge in [-0.15, -0.1) is 0 Å². The molecular formula is C9H16N2O2. The minimum Gasteiger partial charge on any atom is -0.445 e. The monoisotopic (exact) mass is 184 g/mol. The molecule has 2 rings (SSSR count). The maximum Gasteiger partial charge on any atom is 0.407 e. The standard InChI is InChI=1S/C9H16N2O2/c1-10-9(12)13-8-5-7-3-2-4-11(7)6-8/h7-8H,2-6H2,1H3,(H,10,12). The first-order valence-electron chi connectivity index (χ1n) is 4.92. The van der Waals surface area contributed by atoms with Gasteiger partial charge in [0.25, 0.3) is 0 Å². The number of hydrogen-bond acceptors (Lipinski definition) is 3. The van der Waals surface area contributed by atoms with Gasteiger partial charge in [-0.25, -0.2) is 4.79 Å². The van der Waals surface area contributed by atoms with Crippen LogP contribution in [0.3, 0.4) is 0 Å². The van der Waals surface area contributed by atoms with E-state index in [2.05, 4.69) is 10.2 Å². The highest BCUT2D eigenvalue weighted by atomic mass is 16.6. The molecule has 2 heterocycles. The fraction of sp³-hybridized carbons (Fsp3) is 0.889. The molecule has 4 heteroatoms. The average molecular weight is 184 g/mol. The molecule has 13 heavy (non-hydrogen) atoms. The van der Waals surface area contributed by atoms with Crippen LogP contribution < -0.4 is 5.32 Å². The number of ether oxygens (including phenoxy) is 1. The molecule has 1 amide bonds. The van der Waals surface area contributed by atoms with Crippen molar-refractivity contribution >= 4 is 6.09 Å². The zero-order chi connectivity index (χ0) is 9.26. The Balaban J connectivity index is 1.82. The molecule has 2 aliphatic heterocycles. The van der Waals surface area contributed by atoms with Gasteiger partial charge in [0, 0.05) is 26.1 Å². The summed E-state index contributed by atoms with van der Waals surface area (Å²) in [5.41, 5.74) is 0. The molecule has 2 saturated heterocycles. The molecule has 0 aliphatic carbocycles. The van der Waals surface area contributed by atoms with Gasteiger partial charge in [0.05, 0.1) is 0 Å². The quantitative estimate of drug-likeness (QED) is 0.648. The highest BCUT2D eigenvalue weighted by Gasteiger charge is 2.36. The van der Waals surface area contributed by atoms with E-state index in [1.165, 1.54) is 19.4 Å². The number of nitrogens with one attached hydrogen (secondary N) is 1. The third-order valence-corrected chi connectivity index (χ3v) is 2.95. The van der Waals surface area contributed by atoms with E-state index < -0.39 is 0 Å². The maximum absolute atomic E-state index is 10.9. The molecule has 2 unspecified atom stereocenters. The molecule has 0 bridgehead atoms. The molecule has 4 nitrogen and oxygen atoms in total. The lowest BCUT2D eigenvalue weighted by molar-refractivity contribution is 0.102. The average Bonchev–Trinajstić information content (AvgIpc) is 2.63. The SMILES string of the molecule is CNC(=O)OC1CC2CCCN2C1. The summed E-state index contributed by atoms with van der Waals surface area (Å²) < 4.78 is 5.21. The summed E-state index contributed by atoms with van der Waals surface area (Å²) in [7, 11) is 1.60. The Morgan fingerprint density at radius 2 is 2.46 bits per heavy atom. The highest BCUT2D eigenvalue weighted by molar-refractivity contribution is 5.66. The van der Waals surface area contributed by atoms with Crippen molar-refractivity contribution in [3.05, 3.63) is 0 Å². The van der Waals surface area contributed by atoms with Gasteiger partial charge in [-0.2, -0.15) is 0 Å². The van der Waals surface area contributed by atoms with E-state index in [9.17, 15) is 4.79 Å². The predicted molar refractivity (Wildman–Crippen MR) is 48.5 cm³/mol. The van der Waals surface area contributed by atoms with Crippen LogP contribution in [-0.2, 0) is 4.74 Å². The molecule has 74 valence electrons. The summed E-state index contributed by atoms with van der Waals surface area (Å²) in [6, 6.07) is 0.676. The van der Waals surface area contributed by atoms with E-state index in [0.717, 1.165) is 13.0 Å². The van der Waals surface area contributed by atoms with Crippen LogP contribution in [0.15, 0.2) is 0 Å². The number of nitrogens with zero attached hydrogens (tertiary/aromatic N) is 1. The van der Waals surface area contributed by atoms with E-state index in [4.69, 9.17) is 4.74 Å². The lowest BCUT2D eigenvalue weighted by Crippen LogP contribution is -2.28. The number of rotatable bonds is 1. The van der Waals surface area contributed by atoms with Crippen molar-refractivity contribution in [3.8, 4) is 0 Å². The first-order chi connectivity index (χ1) is 6.29. The summed E-state index contributed by atoms with van der Waals surface area (Å²) >= 11 is 0. The Hall–Kier alpha value is -0.770. The van der Waals surface area contributed by atoms with E-state index in [-0.39, 0.29) is 12.2 Å². The minimum absolute atomic E-state index is 0.116. The second-order valence-electron chi connectivity index (χ2n) is 3.80. The summed E-state index contributed by atoms with van der Waals surface area (Å²) in [6.45, 7) is 2.11. The molecule has 2 fully saturated rings. The molecule has 0 radical (unpaired) electrons. The maximum atomic E-state index is 10.9. The van der Waals surface area contributed by atoms with Crippen LogP contribution in [0.1, 0.15) is 19.3 Å². The number of carbonyl (C=O) groups excluding carboxylic acids is 1. The van der Waals surface area contributed by atoms with Crippen molar-refractivity contribution in [2.24, 2.45) is 0 Å². The Bertz CT molecular complexity index is 196. The van der Waals surface area contributed by atoms with Crippen LogP contribution in [0.2, 0.25) is 0 Å². The summed E-state index contributed by atoms with van der Waals surface area (Å²) in [6.07, 6.45) is 3.41. The number of fused-ring (bicyclic) bond motifs is 1. The third-order valence-electron chi connectivity index (χ3n) is 2.95. The largest absolute Gasteiger partial charge is 0.445 e. The van der Waals surface area contributed by atoms with Crippen LogP contribution in [0, 0.1) is 0 Å². The van der Waals surface area contributed by atoms with Gasteiger partial charge < -0.3 is 10.1 Å². The van der Waals surface area contributed by atoms with Gasteiger partial charge in [0.2, 0.25) is 0 Å². The van der Waals surface area contributed by atoms with Crippen LogP contribution >= 0.6 is 0 Å². The van der Waals surface area contributed by atoms with Crippen LogP contribution in [0.25, 0.3) is 0 Å². The van der Waals surface area contributed by atoms with Crippen molar-refractivity contribution in [3.63, 3.8) is 0 Å². The molecule has 0 aromatic carbocycles. The zero-order valence-corrected chi connectivity index (χ0v) is 7.95. The van der Waals surface area contributed by atoms with Crippen LogP contribution in [0.4, 0.5) is 4.79 Å². The van der Waals surface area contributed by atoms with Gasteiger partial charge >= 0.3 is 6.09 Å². The number of carbonyl (C=O) groups is 1. The predicted octanol–water partition coefficient (Wildman–Crippen LogP) is 0.579. The van der Waals surface area contributed by atoms with Gasteiger partial charge in [-0.05, 0) is 19.4 Å². The first kappa shape index (κ1) is 8.81.